The lowest BCUT2D eigenvalue weighted by molar-refractivity contribution is 0.357. The fourth-order valence-corrected chi connectivity index (χ4v) is 2.93. The molecule has 0 amide bonds. The molecule has 2 aromatic carbocycles. The lowest BCUT2D eigenvalue weighted by Gasteiger charge is -2.18. The fourth-order valence-electron chi connectivity index (χ4n) is 2.40. The van der Waals surface area contributed by atoms with Gasteiger partial charge in [-0.2, -0.15) is 0 Å². The van der Waals surface area contributed by atoms with Gasteiger partial charge in [0.2, 0.25) is 0 Å². The molecule has 4 heteroatoms. The summed E-state index contributed by atoms with van der Waals surface area (Å²) in [6.07, 6.45) is 0.997. The standard InChI is InChI=1S/C16H15BrClNO/c1-10(19-15-9-13(18)3-4-14(15)17)11-2-5-16-12(8-11)6-7-20-16/h2-5,8-10,19H,6-7H2,1H3. The first-order chi connectivity index (χ1) is 9.63. The Kier molecular flexibility index (Phi) is 3.90. The molecule has 20 heavy (non-hydrogen) atoms. The smallest absolute Gasteiger partial charge is 0.122 e. The summed E-state index contributed by atoms with van der Waals surface area (Å²) in [7, 11) is 0. The minimum absolute atomic E-state index is 0.204. The maximum Gasteiger partial charge on any atom is 0.122 e. The van der Waals surface area contributed by atoms with Crippen LogP contribution in [0.4, 0.5) is 5.69 Å². The van der Waals surface area contributed by atoms with Crippen molar-refractivity contribution >= 4 is 33.2 Å². The van der Waals surface area contributed by atoms with E-state index in [1.807, 2.05) is 18.2 Å². The second-order valence-electron chi connectivity index (χ2n) is 4.96. The number of ether oxygens (including phenoxy) is 1. The first kappa shape index (κ1) is 13.8. The van der Waals surface area contributed by atoms with Gasteiger partial charge in [0.25, 0.3) is 0 Å². The van der Waals surface area contributed by atoms with Crippen LogP contribution in [0.5, 0.6) is 5.75 Å². The first-order valence-electron chi connectivity index (χ1n) is 6.61. The lowest BCUT2D eigenvalue weighted by Crippen LogP contribution is -2.07. The molecule has 0 saturated heterocycles. The third kappa shape index (κ3) is 2.79. The highest BCUT2D eigenvalue weighted by Crippen LogP contribution is 2.32. The maximum absolute atomic E-state index is 6.05. The van der Waals surface area contributed by atoms with Crippen LogP contribution in [-0.2, 0) is 6.42 Å². The number of fused-ring (bicyclic) bond motifs is 1. The van der Waals surface area contributed by atoms with Crippen LogP contribution >= 0.6 is 27.5 Å². The molecule has 104 valence electrons. The average molecular weight is 353 g/mol. The van der Waals surface area contributed by atoms with Crippen LogP contribution in [0.15, 0.2) is 40.9 Å². The number of rotatable bonds is 3. The summed E-state index contributed by atoms with van der Waals surface area (Å²) in [5.41, 5.74) is 3.55. The van der Waals surface area contributed by atoms with Crippen molar-refractivity contribution in [3.8, 4) is 5.75 Å². The molecule has 0 aliphatic carbocycles. The highest BCUT2D eigenvalue weighted by molar-refractivity contribution is 9.10. The van der Waals surface area contributed by atoms with E-state index in [1.165, 1.54) is 11.1 Å². The summed E-state index contributed by atoms with van der Waals surface area (Å²) >= 11 is 9.59. The van der Waals surface area contributed by atoms with E-state index in [0.29, 0.717) is 0 Å². The minimum atomic E-state index is 0.204. The molecule has 1 atom stereocenters. The molecule has 2 aromatic rings. The van der Waals surface area contributed by atoms with Crippen molar-refractivity contribution in [2.75, 3.05) is 11.9 Å². The van der Waals surface area contributed by atoms with Crippen LogP contribution in [0.3, 0.4) is 0 Å². The van der Waals surface area contributed by atoms with E-state index in [4.69, 9.17) is 16.3 Å². The van der Waals surface area contributed by atoms with Crippen LogP contribution in [0, 0.1) is 0 Å². The quantitative estimate of drug-likeness (QED) is 0.818. The summed E-state index contributed by atoms with van der Waals surface area (Å²) < 4.78 is 6.55. The summed E-state index contributed by atoms with van der Waals surface area (Å²) in [5.74, 6) is 1.02. The molecule has 3 rings (SSSR count). The van der Waals surface area contributed by atoms with Gasteiger partial charge in [-0.25, -0.2) is 0 Å². The van der Waals surface area contributed by atoms with E-state index in [-0.39, 0.29) is 6.04 Å². The number of anilines is 1. The highest BCUT2D eigenvalue weighted by Gasteiger charge is 2.15. The van der Waals surface area contributed by atoms with Gasteiger partial charge in [0, 0.05) is 22.0 Å². The van der Waals surface area contributed by atoms with Crippen molar-refractivity contribution in [2.45, 2.75) is 19.4 Å². The Bertz CT molecular complexity index is 644. The summed E-state index contributed by atoms with van der Waals surface area (Å²) in [6.45, 7) is 2.94. The van der Waals surface area contributed by atoms with Gasteiger partial charge < -0.3 is 10.1 Å². The number of nitrogens with one attached hydrogen (secondary N) is 1. The Balaban J connectivity index is 1.82. The van der Waals surface area contributed by atoms with Gasteiger partial charge in [0.1, 0.15) is 5.75 Å². The lowest BCUT2D eigenvalue weighted by atomic mass is 10.0. The van der Waals surface area contributed by atoms with Crippen LogP contribution in [0.25, 0.3) is 0 Å². The molecule has 0 saturated carbocycles. The average Bonchev–Trinajstić information content (AvgIpc) is 2.90. The van der Waals surface area contributed by atoms with Crippen molar-refractivity contribution in [3.05, 3.63) is 57.0 Å². The Hall–Kier alpha value is -1.19. The van der Waals surface area contributed by atoms with Gasteiger partial charge in [0.05, 0.1) is 12.3 Å². The monoisotopic (exact) mass is 351 g/mol. The van der Waals surface area contributed by atoms with Crippen LogP contribution in [0.2, 0.25) is 5.02 Å². The Morgan fingerprint density at radius 3 is 2.95 bits per heavy atom. The van der Waals surface area contributed by atoms with Crippen molar-refractivity contribution in [1.29, 1.82) is 0 Å². The zero-order valence-electron chi connectivity index (χ0n) is 11.1. The molecule has 0 aromatic heterocycles. The Morgan fingerprint density at radius 1 is 1.25 bits per heavy atom. The molecule has 1 heterocycles. The summed E-state index contributed by atoms with van der Waals surface area (Å²) in [4.78, 5) is 0. The van der Waals surface area contributed by atoms with Gasteiger partial charge in [-0.05, 0) is 64.3 Å². The van der Waals surface area contributed by atoms with Gasteiger partial charge in [0.15, 0.2) is 0 Å². The number of hydrogen-bond acceptors (Lipinski definition) is 2. The van der Waals surface area contributed by atoms with E-state index in [9.17, 15) is 0 Å². The van der Waals surface area contributed by atoms with Crippen LogP contribution < -0.4 is 10.1 Å². The third-order valence-electron chi connectivity index (χ3n) is 3.51. The summed E-state index contributed by atoms with van der Waals surface area (Å²) in [6, 6.07) is 12.3. The molecule has 1 aliphatic rings. The predicted molar refractivity (Wildman–Crippen MR) is 86.8 cm³/mol. The zero-order valence-corrected chi connectivity index (χ0v) is 13.5. The molecule has 2 nitrogen and oxygen atoms in total. The Morgan fingerprint density at radius 2 is 2.10 bits per heavy atom. The zero-order chi connectivity index (χ0) is 14.1. The molecule has 1 N–H and O–H groups in total. The predicted octanol–water partition coefficient (Wildman–Crippen LogP) is 5.21. The highest BCUT2D eigenvalue weighted by atomic mass is 79.9. The van der Waals surface area contributed by atoms with Crippen molar-refractivity contribution in [1.82, 2.24) is 0 Å². The second kappa shape index (κ2) is 5.66. The largest absolute Gasteiger partial charge is 0.493 e. The van der Waals surface area contributed by atoms with Gasteiger partial charge in [-0.3, -0.25) is 0 Å². The maximum atomic E-state index is 6.05. The first-order valence-corrected chi connectivity index (χ1v) is 7.78. The molecule has 0 bridgehead atoms. The minimum Gasteiger partial charge on any atom is -0.493 e. The number of halogens is 2. The van der Waals surface area contributed by atoms with Crippen LogP contribution in [-0.4, -0.2) is 6.61 Å². The molecule has 0 radical (unpaired) electrons. The van der Waals surface area contributed by atoms with E-state index in [0.717, 1.165) is 34.0 Å². The summed E-state index contributed by atoms with van der Waals surface area (Å²) in [5, 5.41) is 4.21. The number of hydrogen-bond donors (Lipinski definition) is 1. The SMILES string of the molecule is CC(Nc1cc(Cl)ccc1Br)c1ccc2c(c1)CCO2. The van der Waals surface area contributed by atoms with Crippen molar-refractivity contribution < 1.29 is 4.74 Å². The molecular formula is C16H15BrClNO. The van der Waals surface area contributed by atoms with Gasteiger partial charge >= 0.3 is 0 Å². The Labute approximate surface area is 132 Å². The molecule has 0 fully saturated rings. The fraction of sp³-hybridized carbons (Fsp3) is 0.250. The second-order valence-corrected chi connectivity index (χ2v) is 6.25. The topological polar surface area (TPSA) is 21.3 Å². The normalized spacial score (nSPS) is 14.6. The molecule has 1 aliphatic heterocycles. The van der Waals surface area contributed by atoms with Crippen LogP contribution in [0.1, 0.15) is 24.1 Å². The van der Waals surface area contributed by atoms with Crippen molar-refractivity contribution in [2.24, 2.45) is 0 Å². The van der Waals surface area contributed by atoms with E-state index >= 15 is 0 Å². The number of benzene rings is 2. The van der Waals surface area contributed by atoms with E-state index < -0.39 is 0 Å². The van der Waals surface area contributed by atoms with Gasteiger partial charge in [-0.1, -0.05) is 17.7 Å². The van der Waals surface area contributed by atoms with E-state index in [1.54, 1.807) is 0 Å². The molecular weight excluding hydrogens is 338 g/mol. The molecule has 1 unspecified atom stereocenters. The third-order valence-corrected chi connectivity index (χ3v) is 4.44. The van der Waals surface area contributed by atoms with E-state index in [2.05, 4.69) is 46.4 Å². The van der Waals surface area contributed by atoms with Crippen molar-refractivity contribution in [3.63, 3.8) is 0 Å². The van der Waals surface area contributed by atoms with Gasteiger partial charge in [-0.15, -0.1) is 0 Å². The molecule has 0 spiro atoms.